The van der Waals surface area contributed by atoms with Crippen LogP contribution in [0.15, 0.2) is 91.6 Å². The number of benzene rings is 1. The molecule has 0 saturated carbocycles. The summed E-state index contributed by atoms with van der Waals surface area (Å²) in [6, 6.07) is 19.5. The first-order chi connectivity index (χ1) is 19.7. The lowest BCUT2D eigenvalue weighted by atomic mass is 10.1. The SMILES string of the molecule is Fc1c(-c2cncc(CNCc3ccccc3)c2)ncc2[nH]nc(-c3nc4c(-c5ccccn5)nccc4[nH]3)c12. The molecule has 0 radical (unpaired) electrons. The van der Waals surface area contributed by atoms with Crippen molar-refractivity contribution in [2.45, 2.75) is 13.1 Å². The van der Waals surface area contributed by atoms with Crippen LogP contribution in [0.3, 0.4) is 0 Å². The molecule has 0 atom stereocenters. The monoisotopic (exact) mass is 527 g/mol. The maximum atomic E-state index is 16.1. The standard InChI is InChI=1S/C30H22FN9/c31-25-24-23(17-36-26(25)20-12-19(15-33-16-20)14-32-13-18-6-2-1-3-7-18)39-40-29(24)30-37-22-9-11-35-27(28(22)38-30)21-8-4-5-10-34-21/h1-12,15-17,32H,13-14H2,(H,37,38)(H,39,40). The maximum absolute atomic E-state index is 16.1. The van der Waals surface area contributed by atoms with E-state index < -0.39 is 5.82 Å². The summed E-state index contributed by atoms with van der Waals surface area (Å²) < 4.78 is 16.1. The molecule has 6 aromatic heterocycles. The molecule has 194 valence electrons. The summed E-state index contributed by atoms with van der Waals surface area (Å²) in [5, 5.41) is 11.0. The molecule has 9 nitrogen and oxygen atoms in total. The van der Waals surface area contributed by atoms with Gasteiger partial charge in [0.2, 0.25) is 0 Å². The fraction of sp³-hybridized carbons (Fsp3) is 0.0667. The lowest BCUT2D eigenvalue weighted by Gasteiger charge is -2.08. The van der Waals surface area contributed by atoms with Crippen LogP contribution in [-0.2, 0) is 13.1 Å². The van der Waals surface area contributed by atoms with Crippen LogP contribution >= 0.6 is 0 Å². The van der Waals surface area contributed by atoms with Gasteiger partial charge in [0.25, 0.3) is 0 Å². The lowest BCUT2D eigenvalue weighted by Crippen LogP contribution is -2.12. The average molecular weight is 528 g/mol. The Morgan fingerprint density at radius 1 is 0.750 bits per heavy atom. The number of aromatic nitrogens is 8. The minimum absolute atomic E-state index is 0.194. The second-order valence-electron chi connectivity index (χ2n) is 9.31. The first kappa shape index (κ1) is 23.7. The molecule has 0 spiro atoms. The van der Waals surface area contributed by atoms with Crippen LogP contribution in [0.2, 0.25) is 0 Å². The van der Waals surface area contributed by atoms with Crippen LogP contribution in [0.4, 0.5) is 4.39 Å². The van der Waals surface area contributed by atoms with Gasteiger partial charge in [-0.1, -0.05) is 36.4 Å². The van der Waals surface area contributed by atoms with Gasteiger partial charge in [0, 0.05) is 43.4 Å². The van der Waals surface area contributed by atoms with E-state index in [1.165, 1.54) is 5.56 Å². The van der Waals surface area contributed by atoms with E-state index in [1.807, 2.05) is 48.5 Å². The number of halogens is 1. The first-order valence-electron chi connectivity index (χ1n) is 12.7. The van der Waals surface area contributed by atoms with Gasteiger partial charge in [0.05, 0.1) is 28.3 Å². The van der Waals surface area contributed by atoms with Gasteiger partial charge < -0.3 is 10.3 Å². The summed E-state index contributed by atoms with van der Waals surface area (Å²) in [6.45, 7) is 1.30. The number of nitrogens with one attached hydrogen (secondary N) is 3. The molecule has 0 amide bonds. The van der Waals surface area contributed by atoms with E-state index in [4.69, 9.17) is 4.98 Å². The van der Waals surface area contributed by atoms with Crippen molar-refractivity contribution in [2.75, 3.05) is 0 Å². The molecule has 7 rings (SSSR count). The summed E-state index contributed by atoms with van der Waals surface area (Å²) in [5.74, 6) is -0.0829. The van der Waals surface area contributed by atoms with Crippen molar-refractivity contribution in [1.29, 1.82) is 0 Å². The second-order valence-corrected chi connectivity index (χ2v) is 9.31. The molecule has 0 saturated heterocycles. The molecule has 3 N–H and O–H groups in total. The Labute approximate surface area is 227 Å². The number of aromatic amines is 2. The van der Waals surface area contributed by atoms with E-state index in [1.54, 1.807) is 31.0 Å². The molecular weight excluding hydrogens is 505 g/mol. The third kappa shape index (κ3) is 4.36. The minimum Gasteiger partial charge on any atom is -0.336 e. The van der Waals surface area contributed by atoms with Crippen LogP contribution in [0.5, 0.6) is 0 Å². The average Bonchev–Trinajstić information content (AvgIpc) is 3.63. The van der Waals surface area contributed by atoms with Gasteiger partial charge in [-0.15, -0.1) is 0 Å². The van der Waals surface area contributed by atoms with Crippen molar-refractivity contribution in [1.82, 2.24) is 45.4 Å². The lowest BCUT2D eigenvalue weighted by molar-refractivity contribution is 0.638. The molecule has 1 aromatic carbocycles. The summed E-state index contributed by atoms with van der Waals surface area (Å²) >= 11 is 0. The highest BCUT2D eigenvalue weighted by Crippen LogP contribution is 2.33. The third-order valence-electron chi connectivity index (χ3n) is 6.65. The topological polar surface area (TPSA) is 121 Å². The number of fused-ring (bicyclic) bond motifs is 2. The van der Waals surface area contributed by atoms with Crippen molar-refractivity contribution in [3.8, 4) is 34.2 Å². The highest BCUT2D eigenvalue weighted by Gasteiger charge is 2.21. The summed E-state index contributed by atoms with van der Waals surface area (Å²) in [7, 11) is 0. The zero-order chi connectivity index (χ0) is 26.9. The number of hydrogen-bond donors (Lipinski definition) is 3. The molecule has 7 aromatic rings. The number of H-pyrrole nitrogens is 2. The van der Waals surface area contributed by atoms with Crippen LogP contribution in [0.1, 0.15) is 11.1 Å². The number of nitrogens with zero attached hydrogens (tertiary/aromatic N) is 6. The van der Waals surface area contributed by atoms with Crippen LogP contribution in [0, 0.1) is 5.82 Å². The summed E-state index contributed by atoms with van der Waals surface area (Å²) in [4.78, 5) is 25.6. The summed E-state index contributed by atoms with van der Waals surface area (Å²) in [6.07, 6.45) is 8.35. The highest BCUT2D eigenvalue weighted by atomic mass is 19.1. The minimum atomic E-state index is -0.499. The van der Waals surface area contributed by atoms with Crippen LogP contribution in [-0.4, -0.2) is 40.1 Å². The Kier molecular flexibility index (Phi) is 5.98. The van der Waals surface area contributed by atoms with Gasteiger partial charge >= 0.3 is 0 Å². The van der Waals surface area contributed by atoms with Gasteiger partial charge in [0.1, 0.15) is 22.6 Å². The molecular formula is C30H22FN9. The molecule has 0 fully saturated rings. The predicted molar refractivity (Wildman–Crippen MR) is 150 cm³/mol. The highest BCUT2D eigenvalue weighted by molar-refractivity contribution is 5.97. The van der Waals surface area contributed by atoms with Gasteiger partial charge in [-0.2, -0.15) is 5.10 Å². The number of hydrogen-bond acceptors (Lipinski definition) is 7. The number of rotatable bonds is 7. The Morgan fingerprint density at radius 2 is 1.62 bits per heavy atom. The van der Waals surface area contributed by atoms with Gasteiger partial charge in [-0.05, 0) is 35.4 Å². The fourth-order valence-electron chi connectivity index (χ4n) is 4.75. The van der Waals surface area contributed by atoms with Gasteiger partial charge in [-0.3, -0.25) is 25.0 Å². The molecule has 6 heterocycles. The van der Waals surface area contributed by atoms with E-state index in [-0.39, 0.29) is 5.69 Å². The predicted octanol–water partition coefficient (Wildman–Crippen LogP) is 5.45. The molecule has 0 unspecified atom stereocenters. The van der Waals surface area contributed by atoms with Gasteiger partial charge in [-0.25, -0.2) is 9.37 Å². The largest absolute Gasteiger partial charge is 0.336 e. The van der Waals surface area contributed by atoms with Crippen molar-refractivity contribution in [3.63, 3.8) is 0 Å². The molecule has 0 aliphatic carbocycles. The quantitative estimate of drug-likeness (QED) is 0.252. The van der Waals surface area contributed by atoms with Gasteiger partial charge in [0.15, 0.2) is 11.6 Å². The molecule has 10 heteroatoms. The Balaban J connectivity index is 1.23. The fourth-order valence-corrected chi connectivity index (χ4v) is 4.75. The second kappa shape index (κ2) is 10.1. The van der Waals surface area contributed by atoms with E-state index in [0.29, 0.717) is 51.4 Å². The maximum Gasteiger partial charge on any atom is 0.161 e. The van der Waals surface area contributed by atoms with Crippen molar-refractivity contribution in [2.24, 2.45) is 0 Å². The van der Waals surface area contributed by atoms with E-state index in [2.05, 4.69) is 52.6 Å². The smallest absolute Gasteiger partial charge is 0.161 e. The number of imidazole rings is 1. The van der Waals surface area contributed by atoms with Crippen LogP contribution in [0.25, 0.3) is 56.1 Å². The zero-order valence-electron chi connectivity index (χ0n) is 21.1. The first-order valence-corrected chi connectivity index (χ1v) is 12.7. The molecule has 0 aliphatic rings. The molecule has 0 bridgehead atoms. The normalized spacial score (nSPS) is 11.4. The summed E-state index contributed by atoms with van der Waals surface area (Å²) in [5.41, 5.74) is 6.41. The zero-order valence-corrected chi connectivity index (χ0v) is 21.1. The van der Waals surface area contributed by atoms with Crippen molar-refractivity contribution >= 4 is 21.9 Å². The van der Waals surface area contributed by atoms with Crippen molar-refractivity contribution in [3.05, 3.63) is 109 Å². The van der Waals surface area contributed by atoms with E-state index in [0.717, 1.165) is 17.6 Å². The van der Waals surface area contributed by atoms with Crippen LogP contribution < -0.4 is 5.32 Å². The van der Waals surface area contributed by atoms with Crippen molar-refractivity contribution < 1.29 is 4.39 Å². The molecule has 40 heavy (non-hydrogen) atoms. The Bertz CT molecular complexity index is 1950. The molecule has 0 aliphatic heterocycles. The van der Waals surface area contributed by atoms with E-state index >= 15 is 4.39 Å². The van der Waals surface area contributed by atoms with E-state index in [9.17, 15) is 0 Å². The Morgan fingerprint density at radius 3 is 2.50 bits per heavy atom. The third-order valence-corrected chi connectivity index (χ3v) is 6.65. The number of pyridine rings is 4. The Hall–Kier alpha value is -5.35.